The Kier molecular flexibility index (Phi) is 10.1. The standard InChI is InChI=1S/C32H36N2O8S/c1-7-14-41-22-10-8-9-21(16-22)27(35)25-26(20-11-12-23(24(17-20)39-5)42-15-13-18(2)3)34(30(37)28(25)36)32-33-19(4)29(43-32)31(38)40-6/h8-12,16-18,26,35H,7,13-15H2,1-6H3/b27-25+. The number of esters is 1. The van der Waals surface area contributed by atoms with Crippen molar-refractivity contribution in [3.63, 3.8) is 0 Å². The molecular weight excluding hydrogens is 572 g/mol. The molecule has 1 aliphatic rings. The highest BCUT2D eigenvalue weighted by Gasteiger charge is 2.48. The molecule has 2 heterocycles. The number of hydrogen-bond acceptors (Lipinski definition) is 10. The van der Waals surface area contributed by atoms with E-state index in [-0.39, 0.29) is 21.3 Å². The second kappa shape index (κ2) is 13.7. The van der Waals surface area contributed by atoms with E-state index in [9.17, 15) is 19.5 Å². The molecule has 0 radical (unpaired) electrons. The fourth-order valence-electron chi connectivity index (χ4n) is 4.60. The summed E-state index contributed by atoms with van der Waals surface area (Å²) in [5.41, 5.74) is 0.989. The number of aromatic nitrogens is 1. The van der Waals surface area contributed by atoms with Gasteiger partial charge in [-0.3, -0.25) is 14.5 Å². The maximum absolute atomic E-state index is 13.6. The molecule has 1 saturated heterocycles. The van der Waals surface area contributed by atoms with Crippen LogP contribution in [0.2, 0.25) is 0 Å². The number of aliphatic hydroxyl groups is 1. The van der Waals surface area contributed by atoms with Crippen LogP contribution in [0.1, 0.15) is 66.1 Å². The smallest absolute Gasteiger partial charge is 0.350 e. The number of thiazole rings is 1. The zero-order chi connectivity index (χ0) is 31.3. The molecule has 10 nitrogen and oxygen atoms in total. The fraction of sp³-hybridized carbons (Fsp3) is 0.375. The monoisotopic (exact) mass is 608 g/mol. The molecular formula is C32H36N2O8S. The molecule has 1 unspecified atom stereocenters. The van der Waals surface area contributed by atoms with Gasteiger partial charge in [-0.2, -0.15) is 0 Å². The lowest BCUT2D eigenvalue weighted by Crippen LogP contribution is -2.29. The molecule has 1 aromatic heterocycles. The van der Waals surface area contributed by atoms with Gasteiger partial charge in [-0.25, -0.2) is 9.78 Å². The Balaban J connectivity index is 1.88. The quantitative estimate of drug-likeness (QED) is 0.113. The molecule has 0 saturated carbocycles. The van der Waals surface area contributed by atoms with Gasteiger partial charge in [0.05, 0.1) is 44.7 Å². The first kappa shape index (κ1) is 31.6. The van der Waals surface area contributed by atoms with E-state index in [2.05, 4.69) is 18.8 Å². The van der Waals surface area contributed by atoms with Crippen LogP contribution in [-0.4, -0.2) is 55.2 Å². The third kappa shape index (κ3) is 6.67. The van der Waals surface area contributed by atoms with Gasteiger partial charge in [0.2, 0.25) is 0 Å². The van der Waals surface area contributed by atoms with Crippen LogP contribution in [0, 0.1) is 12.8 Å². The van der Waals surface area contributed by atoms with Crippen molar-refractivity contribution in [2.45, 2.75) is 46.6 Å². The zero-order valence-electron chi connectivity index (χ0n) is 25.1. The maximum Gasteiger partial charge on any atom is 0.350 e. The predicted molar refractivity (Wildman–Crippen MR) is 163 cm³/mol. The average Bonchev–Trinajstić information content (AvgIpc) is 3.51. The molecule has 3 aromatic rings. The molecule has 2 aromatic carbocycles. The Hall–Kier alpha value is -4.38. The van der Waals surface area contributed by atoms with Crippen LogP contribution in [-0.2, 0) is 14.3 Å². The summed E-state index contributed by atoms with van der Waals surface area (Å²) in [6.07, 6.45) is 1.64. The van der Waals surface area contributed by atoms with E-state index in [1.165, 1.54) is 19.1 Å². The van der Waals surface area contributed by atoms with Gasteiger partial charge in [-0.15, -0.1) is 0 Å². The number of ether oxygens (including phenoxy) is 4. The van der Waals surface area contributed by atoms with Crippen molar-refractivity contribution in [1.29, 1.82) is 0 Å². The molecule has 0 bridgehead atoms. The first-order valence-electron chi connectivity index (χ1n) is 14.0. The lowest BCUT2D eigenvalue weighted by Gasteiger charge is -2.24. The minimum Gasteiger partial charge on any atom is -0.507 e. The van der Waals surface area contributed by atoms with Gasteiger partial charge in [0.15, 0.2) is 16.6 Å². The summed E-state index contributed by atoms with van der Waals surface area (Å²) in [4.78, 5) is 45.5. The van der Waals surface area contributed by atoms with Gasteiger partial charge in [0.25, 0.3) is 5.78 Å². The third-order valence-corrected chi connectivity index (χ3v) is 7.98. The van der Waals surface area contributed by atoms with Crippen molar-refractivity contribution >= 4 is 39.9 Å². The fourth-order valence-corrected chi connectivity index (χ4v) is 5.61. The number of amides is 1. The van der Waals surface area contributed by atoms with Crippen LogP contribution >= 0.6 is 11.3 Å². The van der Waals surface area contributed by atoms with Crippen LogP contribution in [0.25, 0.3) is 5.76 Å². The largest absolute Gasteiger partial charge is 0.507 e. The van der Waals surface area contributed by atoms with Gasteiger partial charge < -0.3 is 24.1 Å². The molecule has 0 spiro atoms. The Bertz CT molecular complexity index is 1540. The number of aryl methyl sites for hydroxylation is 1. The highest BCUT2D eigenvalue weighted by Crippen LogP contribution is 2.45. The summed E-state index contributed by atoms with van der Waals surface area (Å²) in [6.45, 7) is 8.76. The first-order chi connectivity index (χ1) is 20.6. The maximum atomic E-state index is 13.6. The molecule has 4 rings (SSSR count). The highest BCUT2D eigenvalue weighted by atomic mass is 32.1. The molecule has 228 valence electrons. The summed E-state index contributed by atoms with van der Waals surface area (Å²) in [5, 5.41) is 11.7. The molecule has 1 aliphatic heterocycles. The first-order valence-corrected chi connectivity index (χ1v) is 14.8. The molecule has 43 heavy (non-hydrogen) atoms. The van der Waals surface area contributed by atoms with Crippen LogP contribution in [0.4, 0.5) is 5.13 Å². The van der Waals surface area contributed by atoms with Gasteiger partial charge in [0.1, 0.15) is 16.4 Å². The van der Waals surface area contributed by atoms with Crippen molar-refractivity contribution in [1.82, 2.24) is 4.98 Å². The molecule has 1 amide bonds. The van der Waals surface area contributed by atoms with Crippen LogP contribution < -0.4 is 19.1 Å². The minimum absolute atomic E-state index is 0.111. The van der Waals surface area contributed by atoms with E-state index in [0.29, 0.717) is 53.2 Å². The topological polar surface area (TPSA) is 124 Å². The van der Waals surface area contributed by atoms with Crippen LogP contribution in [0.5, 0.6) is 17.2 Å². The molecule has 1 N–H and O–H groups in total. The number of aliphatic hydroxyl groups excluding tert-OH is 1. The molecule has 11 heteroatoms. The summed E-state index contributed by atoms with van der Waals surface area (Å²) in [6, 6.07) is 10.7. The van der Waals surface area contributed by atoms with E-state index >= 15 is 0 Å². The van der Waals surface area contributed by atoms with E-state index in [1.807, 2.05) is 6.92 Å². The SMILES string of the molecule is CCCOc1cccc(/C(O)=C2\C(=O)C(=O)N(c3nc(C)c(C(=O)OC)s3)C2c2ccc(OCCC(C)C)c(OC)c2)c1. The Labute approximate surface area is 254 Å². The van der Waals surface area contributed by atoms with Crippen molar-refractivity contribution in [3.05, 3.63) is 69.7 Å². The number of benzene rings is 2. The summed E-state index contributed by atoms with van der Waals surface area (Å²) < 4.78 is 22.2. The van der Waals surface area contributed by atoms with Crippen molar-refractivity contribution < 1.29 is 38.4 Å². The van der Waals surface area contributed by atoms with Crippen LogP contribution in [0.3, 0.4) is 0 Å². The number of Topliss-reactive ketones (excluding diaryl/α,β-unsaturated/α-hetero) is 1. The molecule has 0 aliphatic carbocycles. The van der Waals surface area contributed by atoms with Gasteiger partial charge in [0, 0.05) is 5.56 Å². The Morgan fingerprint density at radius 2 is 1.84 bits per heavy atom. The number of carbonyl (C=O) groups is 3. The van der Waals surface area contributed by atoms with E-state index in [1.54, 1.807) is 49.4 Å². The third-order valence-electron chi connectivity index (χ3n) is 6.84. The normalized spacial score (nSPS) is 16.1. The highest BCUT2D eigenvalue weighted by molar-refractivity contribution is 7.17. The van der Waals surface area contributed by atoms with E-state index < -0.39 is 23.7 Å². The number of anilines is 1. The molecule has 1 atom stereocenters. The number of rotatable bonds is 12. The Morgan fingerprint density at radius 1 is 1.07 bits per heavy atom. The second-order valence-corrected chi connectivity index (χ2v) is 11.4. The number of ketones is 1. The Morgan fingerprint density at radius 3 is 2.51 bits per heavy atom. The number of methoxy groups -OCH3 is 2. The van der Waals surface area contributed by atoms with Gasteiger partial charge in [-0.1, -0.05) is 50.3 Å². The number of hydrogen-bond donors (Lipinski definition) is 1. The predicted octanol–water partition coefficient (Wildman–Crippen LogP) is 6.09. The van der Waals surface area contributed by atoms with Crippen molar-refractivity contribution in [2.24, 2.45) is 5.92 Å². The number of carbonyl (C=O) groups excluding carboxylic acids is 3. The van der Waals surface area contributed by atoms with Crippen LogP contribution in [0.15, 0.2) is 48.0 Å². The van der Waals surface area contributed by atoms with E-state index in [0.717, 1.165) is 24.2 Å². The molecule has 1 fully saturated rings. The van der Waals surface area contributed by atoms with Crippen molar-refractivity contribution in [2.75, 3.05) is 32.3 Å². The summed E-state index contributed by atoms with van der Waals surface area (Å²) >= 11 is 0.929. The second-order valence-electron chi connectivity index (χ2n) is 10.4. The van der Waals surface area contributed by atoms with Crippen molar-refractivity contribution in [3.8, 4) is 17.2 Å². The summed E-state index contributed by atoms with van der Waals surface area (Å²) in [7, 11) is 2.75. The zero-order valence-corrected chi connectivity index (χ0v) is 25.9. The lowest BCUT2D eigenvalue weighted by atomic mass is 9.95. The minimum atomic E-state index is -1.09. The average molecular weight is 609 g/mol. The lowest BCUT2D eigenvalue weighted by molar-refractivity contribution is -0.132. The van der Waals surface area contributed by atoms with E-state index in [4.69, 9.17) is 18.9 Å². The van der Waals surface area contributed by atoms with Gasteiger partial charge in [-0.05, 0) is 55.5 Å². The van der Waals surface area contributed by atoms with Gasteiger partial charge >= 0.3 is 11.9 Å². The summed E-state index contributed by atoms with van der Waals surface area (Å²) in [5.74, 6) is -0.909. The number of nitrogens with zero attached hydrogens (tertiary/aromatic N) is 2.